The quantitative estimate of drug-likeness (QED) is 0.727. The zero-order valence-electron chi connectivity index (χ0n) is 15.0. The van der Waals surface area contributed by atoms with Gasteiger partial charge in [-0.1, -0.05) is 13.8 Å². The van der Waals surface area contributed by atoms with Crippen LogP contribution in [0.15, 0.2) is 0 Å². The van der Waals surface area contributed by atoms with E-state index in [-0.39, 0.29) is 0 Å². The van der Waals surface area contributed by atoms with E-state index in [0.29, 0.717) is 29.0 Å². The summed E-state index contributed by atoms with van der Waals surface area (Å²) in [7, 11) is 0. The molecule has 0 aromatic rings. The van der Waals surface area contributed by atoms with Gasteiger partial charge in [0.2, 0.25) is 0 Å². The normalized spacial score (nSPS) is 60.9. The summed E-state index contributed by atoms with van der Waals surface area (Å²) in [4.78, 5) is 0. The van der Waals surface area contributed by atoms with Gasteiger partial charge in [-0.15, -0.1) is 0 Å². The van der Waals surface area contributed by atoms with Crippen LogP contribution in [0.5, 0.6) is 0 Å². The van der Waals surface area contributed by atoms with Crippen LogP contribution in [-0.2, 0) is 4.74 Å². The van der Waals surface area contributed by atoms with E-state index >= 15 is 0 Å². The first kappa shape index (κ1) is 15.2. The Morgan fingerprint density at radius 1 is 0.913 bits per heavy atom. The van der Waals surface area contributed by atoms with Gasteiger partial charge in [0.1, 0.15) is 0 Å². The second kappa shape index (κ2) is 4.75. The zero-order chi connectivity index (χ0) is 15.9. The SMILES string of the molecule is CC12CCC3C(CCC4CC5(CCC43C)CO5)C1CCC2CO. The first-order valence-electron chi connectivity index (χ1n) is 10.3. The highest BCUT2D eigenvalue weighted by Crippen LogP contribution is 2.68. The molecule has 0 bridgehead atoms. The van der Waals surface area contributed by atoms with E-state index in [4.69, 9.17) is 4.74 Å². The lowest BCUT2D eigenvalue weighted by atomic mass is 9.44. The molecular weight excluding hydrogens is 284 g/mol. The van der Waals surface area contributed by atoms with E-state index in [1.807, 2.05) is 0 Å². The lowest BCUT2D eigenvalue weighted by Crippen LogP contribution is -2.54. The van der Waals surface area contributed by atoms with Gasteiger partial charge in [0.25, 0.3) is 0 Å². The van der Waals surface area contributed by atoms with E-state index in [2.05, 4.69) is 13.8 Å². The van der Waals surface area contributed by atoms with Crippen LogP contribution < -0.4 is 0 Å². The second-order valence-corrected chi connectivity index (χ2v) is 10.3. The van der Waals surface area contributed by atoms with Crippen molar-refractivity contribution in [2.24, 2.45) is 40.4 Å². The van der Waals surface area contributed by atoms with Gasteiger partial charge in [-0.3, -0.25) is 0 Å². The third-order valence-electron chi connectivity index (χ3n) is 9.77. The fourth-order valence-corrected chi connectivity index (χ4v) is 8.08. The summed E-state index contributed by atoms with van der Waals surface area (Å²) >= 11 is 0. The largest absolute Gasteiger partial charge is 0.396 e. The van der Waals surface area contributed by atoms with Crippen molar-refractivity contribution < 1.29 is 9.84 Å². The van der Waals surface area contributed by atoms with Crippen molar-refractivity contribution in [3.05, 3.63) is 0 Å². The van der Waals surface area contributed by atoms with Gasteiger partial charge in [0, 0.05) is 6.61 Å². The molecule has 0 aromatic carbocycles. The predicted molar refractivity (Wildman–Crippen MR) is 91.0 cm³/mol. The summed E-state index contributed by atoms with van der Waals surface area (Å²) in [5.41, 5.74) is 1.35. The van der Waals surface area contributed by atoms with E-state index in [9.17, 15) is 5.11 Å². The van der Waals surface area contributed by atoms with Crippen LogP contribution in [0.25, 0.3) is 0 Å². The number of epoxide rings is 1. The monoisotopic (exact) mass is 318 g/mol. The Kier molecular flexibility index (Phi) is 3.14. The standard InChI is InChI=1S/C21H34O2/c1-19-8-7-18-16(17(19)6-4-15(19)12-22)5-3-14-11-21(13-23-21)10-9-20(14,18)2/h14-18,22H,3-13H2,1-2H3. The van der Waals surface area contributed by atoms with Crippen molar-refractivity contribution in [3.8, 4) is 0 Å². The van der Waals surface area contributed by atoms with E-state index in [1.54, 1.807) is 0 Å². The Balaban J connectivity index is 1.42. The molecule has 130 valence electrons. The molecule has 2 heteroatoms. The molecule has 0 radical (unpaired) electrons. The molecule has 5 fully saturated rings. The van der Waals surface area contributed by atoms with Crippen LogP contribution in [0.2, 0.25) is 0 Å². The van der Waals surface area contributed by atoms with Crippen molar-refractivity contribution in [2.45, 2.75) is 77.2 Å². The average molecular weight is 319 g/mol. The highest BCUT2D eigenvalue weighted by molar-refractivity contribution is 5.12. The van der Waals surface area contributed by atoms with Gasteiger partial charge in [-0.05, 0) is 98.2 Å². The Morgan fingerprint density at radius 3 is 2.43 bits per heavy atom. The molecule has 1 aliphatic heterocycles. The minimum absolute atomic E-state index is 0.329. The van der Waals surface area contributed by atoms with Gasteiger partial charge < -0.3 is 9.84 Å². The van der Waals surface area contributed by atoms with E-state index in [0.717, 1.165) is 30.3 Å². The van der Waals surface area contributed by atoms with Gasteiger partial charge >= 0.3 is 0 Å². The molecule has 1 spiro atoms. The molecule has 1 N–H and O–H groups in total. The maximum Gasteiger partial charge on any atom is 0.0919 e. The Bertz CT molecular complexity index is 498. The first-order chi connectivity index (χ1) is 11.0. The molecule has 5 rings (SSSR count). The number of fused-ring (bicyclic) bond motifs is 5. The molecule has 0 amide bonds. The van der Waals surface area contributed by atoms with Crippen LogP contribution in [0, 0.1) is 40.4 Å². The minimum Gasteiger partial charge on any atom is -0.396 e. The van der Waals surface area contributed by atoms with Crippen LogP contribution in [0.3, 0.4) is 0 Å². The average Bonchev–Trinajstić information content (AvgIpc) is 3.20. The number of ether oxygens (including phenoxy) is 1. The highest BCUT2D eigenvalue weighted by Gasteiger charge is 2.63. The molecule has 0 aromatic heterocycles. The van der Waals surface area contributed by atoms with Crippen LogP contribution in [-0.4, -0.2) is 23.9 Å². The summed E-state index contributed by atoms with van der Waals surface area (Å²) in [6.07, 6.45) is 12.4. The maximum absolute atomic E-state index is 9.85. The number of hydrogen-bond donors (Lipinski definition) is 1. The van der Waals surface area contributed by atoms with Crippen molar-refractivity contribution in [3.63, 3.8) is 0 Å². The fourth-order valence-electron chi connectivity index (χ4n) is 8.08. The highest BCUT2D eigenvalue weighted by atomic mass is 16.6. The Hall–Kier alpha value is -0.0800. The second-order valence-electron chi connectivity index (χ2n) is 10.3. The topological polar surface area (TPSA) is 32.8 Å². The van der Waals surface area contributed by atoms with Crippen LogP contribution >= 0.6 is 0 Å². The Morgan fingerprint density at radius 2 is 1.70 bits per heavy atom. The third kappa shape index (κ3) is 1.94. The fraction of sp³-hybridized carbons (Fsp3) is 1.00. The van der Waals surface area contributed by atoms with Gasteiger partial charge in [0.05, 0.1) is 12.2 Å². The summed E-state index contributed by atoms with van der Waals surface area (Å²) in [5.74, 6) is 4.28. The number of hydrogen-bond acceptors (Lipinski definition) is 2. The predicted octanol–water partition coefficient (Wildman–Crippen LogP) is 4.41. The summed E-state index contributed by atoms with van der Waals surface area (Å²) in [6.45, 7) is 6.63. The summed E-state index contributed by atoms with van der Waals surface area (Å²) < 4.78 is 5.85. The van der Waals surface area contributed by atoms with Gasteiger partial charge in [-0.25, -0.2) is 0 Å². The van der Waals surface area contributed by atoms with Crippen molar-refractivity contribution >= 4 is 0 Å². The van der Waals surface area contributed by atoms with Crippen LogP contribution in [0.1, 0.15) is 71.6 Å². The van der Waals surface area contributed by atoms with Gasteiger partial charge in [-0.2, -0.15) is 0 Å². The molecule has 1 saturated heterocycles. The smallest absolute Gasteiger partial charge is 0.0919 e. The summed E-state index contributed by atoms with van der Waals surface area (Å²) in [6, 6.07) is 0. The van der Waals surface area contributed by atoms with E-state index < -0.39 is 0 Å². The molecule has 8 atom stereocenters. The van der Waals surface area contributed by atoms with E-state index in [1.165, 1.54) is 57.8 Å². The Labute approximate surface area is 141 Å². The van der Waals surface area contributed by atoms with Gasteiger partial charge in [0.15, 0.2) is 0 Å². The molecule has 5 aliphatic rings. The van der Waals surface area contributed by atoms with Crippen molar-refractivity contribution in [2.75, 3.05) is 13.2 Å². The van der Waals surface area contributed by atoms with Crippen molar-refractivity contribution in [1.82, 2.24) is 0 Å². The first-order valence-corrected chi connectivity index (χ1v) is 10.3. The molecule has 8 unspecified atom stereocenters. The molecule has 1 heterocycles. The zero-order valence-corrected chi connectivity index (χ0v) is 15.0. The lowest BCUT2D eigenvalue weighted by molar-refractivity contribution is -0.122. The summed E-state index contributed by atoms with van der Waals surface area (Å²) in [5, 5.41) is 9.85. The minimum atomic E-state index is 0.329. The molecule has 2 nitrogen and oxygen atoms in total. The molecule has 23 heavy (non-hydrogen) atoms. The molecular formula is C21H34O2. The third-order valence-corrected chi connectivity index (χ3v) is 9.77. The number of aliphatic hydroxyl groups excluding tert-OH is 1. The lowest BCUT2D eigenvalue weighted by Gasteiger charge is -2.61. The van der Waals surface area contributed by atoms with Crippen molar-refractivity contribution in [1.29, 1.82) is 0 Å². The molecule has 4 saturated carbocycles. The van der Waals surface area contributed by atoms with Crippen LogP contribution in [0.4, 0.5) is 0 Å². The maximum atomic E-state index is 9.85. The number of aliphatic hydroxyl groups is 1. The molecule has 4 aliphatic carbocycles. The number of rotatable bonds is 1.